The van der Waals surface area contributed by atoms with Gasteiger partial charge < -0.3 is 24.1 Å². The van der Waals surface area contributed by atoms with Crippen molar-refractivity contribution in [1.29, 1.82) is 0 Å². The minimum atomic E-state index is -0.792. The zero-order valence-corrected chi connectivity index (χ0v) is 29.1. The van der Waals surface area contributed by atoms with E-state index in [-0.39, 0.29) is 36.7 Å². The zero-order chi connectivity index (χ0) is 34.9. The van der Waals surface area contributed by atoms with Crippen LogP contribution in [0.2, 0.25) is 10.0 Å². The van der Waals surface area contributed by atoms with E-state index >= 15 is 0 Å². The molecule has 15 heteroatoms. The van der Waals surface area contributed by atoms with Crippen LogP contribution in [0.3, 0.4) is 0 Å². The molecule has 1 aliphatic heterocycles. The summed E-state index contributed by atoms with van der Waals surface area (Å²) < 4.78 is 20.5. The minimum absolute atomic E-state index is 0.0167. The second-order valence-electron chi connectivity index (χ2n) is 11.4. The third-order valence-corrected chi connectivity index (χ3v) is 9.90. The first-order chi connectivity index (χ1) is 23.6. The van der Waals surface area contributed by atoms with Crippen molar-refractivity contribution >= 4 is 52.5 Å². The maximum atomic E-state index is 13.5. The summed E-state index contributed by atoms with van der Waals surface area (Å²) in [5, 5.41) is 1.38. The van der Waals surface area contributed by atoms with Crippen molar-refractivity contribution in [3.05, 3.63) is 114 Å². The number of halogens is 3. The average Bonchev–Trinajstić information content (AvgIpc) is 3.09. The number of ether oxygens (including phenoxy) is 1. The first-order valence-electron chi connectivity index (χ1n) is 15.8. The number of hydrogen-bond donors (Lipinski definition) is 1. The van der Waals surface area contributed by atoms with Crippen molar-refractivity contribution in [2.24, 2.45) is 0 Å². The fraction of sp³-hybridized carbons (Fsp3) is 0.353. The van der Waals surface area contributed by atoms with Crippen LogP contribution >= 0.6 is 35.0 Å². The Morgan fingerprint density at radius 3 is 2.49 bits per heavy atom. The van der Waals surface area contributed by atoms with Gasteiger partial charge >= 0.3 is 11.7 Å². The molecule has 2 aromatic carbocycles. The Bertz CT molecular complexity index is 1880. The number of nitrogens with zero attached hydrogens (tertiary/aromatic N) is 5. The molecule has 0 bridgehead atoms. The summed E-state index contributed by atoms with van der Waals surface area (Å²) in [6.45, 7) is 4.64. The normalized spacial score (nSPS) is 13.7. The number of thioether (sulfide) groups is 1. The predicted molar refractivity (Wildman–Crippen MR) is 187 cm³/mol. The molecule has 11 nitrogen and oxygen atoms in total. The monoisotopic (exact) mass is 728 g/mol. The number of hydrogen-bond acceptors (Lipinski definition) is 9. The summed E-state index contributed by atoms with van der Waals surface area (Å²) in [4.78, 5) is 65.7. The van der Waals surface area contributed by atoms with Crippen LogP contribution in [0.5, 0.6) is 0 Å². The van der Waals surface area contributed by atoms with Gasteiger partial charge in [0.2, 0.25) is 5.91 Å². The van der Waals surface area contributed by atoms with Gasteiger partial charge in [0.25, 0.3) is 5.56 Å². The van der Waals surface area contributed by atoms with Gasteiger partial charge in [-0.3, -0.25) is 14.4 Å². The highest BCUT2D eigenvalue weighted by molar-refractivity contribution is 7.98. The first-order valence-corrected chi connectivity index (χ1v) is 17.5. The number of esters is 1. The second-order valence-corrected chi connectivity index (χ2v) is 13.1. The van der Waals surface area contributed by atoms with Crippen LogP contribution in [0.15, 0.2) is 75.8 Å². The Morgan fingerprint density at radius 2 is 1.82 bits per heavy atom. The molecular formula is C34H35Cl2FN6O5S. The Morgan fingerprint density at radius 1 is 1.06 bits per heavy atom. The van der Waals surface area contributed by atoms with E-state index in [1.165, 1.54) is 36.3 Å². The second kappa shape index (κ2) is 17.0. The maximum absolute atomic E-state index is 13.5. The topological polar surface area (TPSA) is 130 Å². The molecule has 3 heterocycles. The number of aromatic amines is 1. The van der Waals surface area contributed by atoms with Gasteiger partial charge in [-0.15, -0.1) is 0 Å². The lowest BCUT2D eigenvalue weighted by Gasteiger charge is -2.36. The number of nitrogens with one attached hydrogen (secondary N) is 1. The van der Waals surface area contributed by atoms with E-state index in [1.807, 2.05) is 17.0 Å². The average molecular weight is 730 g/mol. The van der Waals surface area contributed by atoms with Gasteiger partial charge in [0.05, 0.1) is 23.1 Å². The standard InChI is InChI=1S/C34H35Cl2FN6O5S/c1-2-48-31(45)17-26(23-18-38-33(47)39-19-23)27-20-43(34(40-32(27)46)49-21-22-5-7-24(37)8-6-22)11-3-4-30(44)42-14-12-41(13-15-42)25-9-10-28(35)29(36)16-25/h5-10,16,18-20,26H,2-4,11-15,17,21H2,1H3,(H,38,39,47). The predicted octanol–water partition coefficient (Wildman–Crippen LogP) is 5.28. The van der Waals surface area contributed by atoms with Gasteiger partial charge in [-0.2, -0.15) is 4.98 Å². The molecule has 0 spiro atoms. The number of carbonyl (C=O) groups is 2. The molecule has 0 saturated carbocycles. The van der Waals surface area contributed by atoms with Gasteiger partial charge in [0.15, 0.2) is 5.16 Å². The quantitative estimate of drug-likeness (QED) is 0.111. The fourth-order valence-corrected chi connectivity index (χ4v) is 6.77. The van der Waals surface area contributed by atoms with Crippen molar-refractivity contribution in [2.75, 3.05) is 37.7 Å². The number of rotatable bonds is 13. The SMILES string of the molecule is CCOC(=O)CC(c1cnc(=O)[nH]c1)c1cn(CCCC(=O)N2CCN(c3ccc(Cl)c(Cl)c3)CC2)c(SCc2ccc(F)cc2)nc1=O. The van der Waals surface area contributed by atoms with E-state index in [1.54, 1.807) is 35.9 Å². The van der Waals surface area contributed by atoms with E-state index in [4.69, 9.17) is 27.9 Å². The van der Waals surface area contributed by atoms with Crippen molar-refractivity contribution in [3.63, 3.8) is 0 Å². The summed E-state index contributed by atoms with van der Waals surface area (Å²) in [6.07, 6.45) is 4.95. The Kier molecular flexibility index (Phi) is 12.5. The molecule has 1 fully saturated rings. The van der Waals surface area contributed by atoms with E-state index in [0.717, 1.165) is 11.3 Å². The molecule has 1 atom stereocenters. The molecule has 49 heavy (non-hydrogen) atoms. The molecule has 1 aliphatic rings. The molecule has 2 aromatic heterocycles. The summed E-state index contributed by atoms with van der Waals surface area (Å²) >= 11 is 13.6. The molecule has 258 valence electrons. The van der Waals surface area contributed by atoms with Crippen LogP contribution in [-0.2, 0) is 26.6 Å². The number of H-pyrrole nitrogens is 1. The highest BCUT2D eigenvalue weighted by atomic mass is 35.5. The van der Waals surface area contributed by atoms with E-state index in [0.29, 0.717) is 65.7 Å². The summed E-state index contributed by atoms with van der Waals surface area (Å²) in [7, 11) is 0. The number of carbonyl (C=O) groups excluding carboxylic acids is 2. The first kappa shape index (κ1) is 36.1. The van der Waals surface area contributed by atoms with Crippen LogP contribution in [0.4, 0.5) is 10.1 Å². The molecule has 0 radical (unpaired) electrons. The van der Waals surface area contributed by atoms with E-state index < -0.39 is 23.1 Å². The number of amides is 1. The Labute approximate surface area is 296 Å². The minimum Gasteiger partial charge on any atom is -0.466 e. The van der Waals surface area contributed by atoms with Gasteiger partial charge in [-0.05, 0) is 54.8 Å². The van der Waals surface area contributed by atoms with Crippen LogP contribution in [-0.4, -0.2) is 69.1 Å². The Balaban J connectivity index is 1.33. The lowest BCUT2D eigenvalue weighted by atomic mass is 9.92. The van der Waals surface area contributed by atoms with E-state index in [2.05, 4.69) is 19.9 Å². The maximum Gasteiger partial charge on any atom is 0.344 e. The smallest absolute Gasteiger partial charge is 0.344 e. The van der Waals surface area contributed by atoms with Crippen LogP contribution < -0.4 is 16.1 Å². The third kappa shape index (κ3) is 9.71. The molecule has 0 aliphatic carbocycles. The van der Waals surface area contributed by atoms with Gasteiger partial charge in [0.1, 0.15) is 5.82 Å². The highest BCUT2D eigenvalue weighted by Crippen LogP contribution is 2.29. The summed E-state index contributed by atoms with van der Waals surface area (Å²) in [5.41, 5.74) is 1.34. The number of benzene rings is 2. The molecule has 1 N–H and O–H groups in total. The Hall–Kier alpha value is -4.20. The van der Waals surface area contributed by atoms with Crippen molar-refractivity contribution in [3.8, 4) is 0 Å². The number of aromatic nitrogens is 4. The molecule has 1 amide bonds. The fourth-order valence-electron chi connectivity index (χ4n) is 5.53. The zero-order valence-electron chi connectivity index (χ0n) is 26.7. The molecule has 1 saturated heterocycles. The van der Waals surface area contributed by atoms with Gasteiger partial charge in [-0.25, -0.2) is 14.2 Å². The van der Waals surface area contributed by atoms with Crippen molar-refractivity contribution < 1.29 is 18.7 Å². The largest absolute Gasteiger partial charge is 0.466 e. The lowest BCUT2D eigenvalue weighted by molar-refractivity contribution is -0.143. The number of anilines is 1. The van der Waals surface area contributed by atoms with Crippen molar-refractivity contribution in [1.82, 2.24) is 24.4 Å². The summed E-state index contributed by atoms with van der Waals surface area (Å²) in [6, 6.07) is 11.6. The van der Waals surface area contributed by atoms with Crippen LogP contribution in [0.25, 0.3) is 0 Å². The third-order valence-electron chi connectivity index (χ3n) is 8.10. The van der Waals surface area contributed by atoms with Crippen LogP contribution in [0, 0.1) is 5.82 Å². The molecule has 5 rings (SSSR count). The molecular weight excluding hydrogens is 694 g/mol. The number of piperazine rings is 1. The summed E-state index contributed by atoms with van der Waals surface area (Å²) in [5.74, 6) is -1.23. The molecule has 4 aromatic rings. The highest BCUT2D eigenvalue weighted by Gasteiger charge is 2.25. The number of aryl methyl sites for hydroxylation is 1. The molecule has 1 unspecified atom stereocenters. The van der Waals surface area contributed by atoms with Crippen LogP contribution in [0.1, 0.15) is 48.8 Å². The van der Waals surface area contributed by atoms with Gasteiger partial charge in [0, 0.05) is 80.7 Å². The van der Waals surface area contributed by atoms with E-state index in [9.17, 15) is 23.6 Å². The van der Waals surface area contributed by atoms with Crippen molar-refractivity contribution in [2.45, 2.75) is 49.6 Å². The van der Waals surface area contributed by atoms with Gasteiger partial charge in [-0.1, -0.05) is 47.1 Å². The lowest BCUT2D eigenvalue weighted by Crippen LogP contribution is -2.48.